The number of allylic oxidation sites excluding steroid dienone is 4. The third kappa shape index (κ3) is 15.6. The van der Waals surface area contributed by atoms with Crippen molar-refractivity contribution in [2.75, 3.05) is 14.2 Å². The summed E-state index contributed by atoms with van der Waals surface area (Å²) in [5.41, 5.74) is 3.54. The minimum absolute atomic E-state index is 0.540. The Labute approximate surface area is 175 Å². The molecule has 0 unspecified atom stereocenters. The number of aliphatic imine (C=N–C) groups is 2. The first kappa shape index (κ1) is 28.1. The minimum Gasteiger partial charge on any atom is -0.400 e. The Hall–Kier alpha value is -3.10. The molecule has 0 spiro atoms. The molecule has 156 valence electrons. The molecule has 1 aromatic rings. The molecule has 5 heteroatoms. The summed E-state index contributed by atoms with van der Waals surface area (Å²) in [5.74, 6) is 0.540. The van der Waals surface area contributed by atoms with Gasteiger partial charge in [0.1, 0.15) is 0 Å². The van der Waals surface area contributed by atoms with Gasteiger partial charge in [-0.3, -0.25) is 14.8 Å². The van der Waals surface area contributed by atoms with Crippen LogP contribution in [0.4, 0.5) is 0 Å². The first-order valence-electron chi connectivity index (χ1n) is 9.32. The highest BCUT2D eigenvalue weighted by molar-refractivity contribution is 6.14. The molecule has 0 aliphatic carbocycles. The maximum atomic E-state index is 10.6. The SMILES string of the molecule is C/C=C(/C=O)C(CC(C)C)=NC.CC(/C=C/C#N)=N/C=C/c1ccccc1.CO. The molecule has 0 aliphatic rings. The average Bonchev–Trinajstić information content (AvgIpc) is 2.74. The van der Waals surface area contributed by atoms with E-state index in [9.17, 15) is 4.79 Å². The molecule has 0 amide bonds. The van der Waals surface area contributed by atoms with Gasteiger partial charge in [0.15, 0.2) is 6.29 Å². The first-order chi connectivity index (χ1) is 14.0. The van der Waals surface area contributed by atoms with Gasteiger partial charge >= 0.3 is 0 Å². The summed E-state index contributed by atoms with van der Waals surface area (Å²) in [4.78, 5) is 18.8. The van der Waals surface area contributed by atoms with Crippen molar-refractivity contribution in [1.82, 2.24) is 0 Å². The van der Waals surface area contributed by atoms with E-state index in [1.807, 2.05) is 56.3 Å². The summed E-state index contributed by atoms with van der Waals surface area (Å²) in [5, 5.41) is 15.3. The van der Waals surface area contributed by atoms with E-state index >= 15 is 0 Å². The van der Waals surface area contributed by atoms with Crippen LogP contribution in [0.5, 0.6) is 0 Å². The molecule has 1 rings (SSSR count). The molecule has 0 radical (unpaired) electrons. The lowest BCUT2D eigenvalue weighted by atomic mass is 10.0. The van der Waals surface area contributed by atoms with Gasteiger partial charge < -0.3 is 5.11 Å². The van der Waals surface area contributed by atoms with Crippen molar-refractivity contribution in [2.24, 2.45) is 15.9 Å². The summed E-state index contributed by atoms with van der Waals surface area (Å²) in [7, 11) is 2.73. The molecular weight excluding hydrogens is 362 g/mol. The van der Waals surface area contributed by atoms with Crippen LogP contribution in [-0.4, -0.2) is 37.0 Å². The lowest BCUT2D eigenvalue weighted by Gasteiger charge is -2.06. The fraction of sp³-hybridized carbons (Fsp3) is 0.333. The Morgan fingerprint density at radius 1 is 1.24 bits per heavy atom. The number of aldehydes is 1. The normalized spacial score (nSPS) is 12.2. The topological polar surface area (TPSA) is 85.8 Å². The lowest BCUT2D eigenvalue weighted by Crippen LogP contribution is -2.07. The Balaban J connectivity index is 0. The highest BCUT2D eigenvalue weighted by atomic mass is 16.2. The van der Waals surface area contributed by atoms with Gasteiger partial charge in [-0.2, -0.15) is 5.26 Å². The Kier molecular flexibility index (Phi) is 19.1. The standard InChI is InChI=1S/C13H12N2.C10H17NO.CH4O/c1-12(6-5-10-14)15-11-9-13-7-3-2-4-8-13;1-5-9(7-12)10(11-4)6-8(2)3;1-2/h2-9,11H,1H3;5,7-8H,6H2,1-4H3;2H,1H3/b6-5+,11-9+,15-12-;9-5-,11-10?;. The number of aliphatic hydroxyl groups excluding tert-OH is 1. The smallest absolute Gasteiger partial charge is 0.151 e. The molecule has 0 bridgehead atoms. The number of nitriles is 1. The summed E-state index contributed by atoms with van der Waals surface area (Å²) < 4.78 is 0. The van der Waals surface area contributed by atoms with Crippen LogP contribution in [0.15, 0.2) is 70.3 Å². The van der Waals surface area contributed by atoms with Gasteiger partial charge in [-0.1, -0.05) is 50.3 Å². The lowest BCUT2D eigenvalue weighted by molar-refractivity contribution is -0.104. The molecular formula is C24H33N3O2. The van der Waals surface area contributed by atoms with Gasteiger partial charge in [0.2, 0.25) is 0 Å². The van der Waals surface area contributed by atoms with Gasteiger partial charge in [0, 0.05) is 43.4 Å². The van der Waals surface area contributed by atoms with Crippen LogP contribution in [0.1, 0.15) is 39.7 Å². The first-order valence-corrected chi connectivity index (χ1v) is 9.32. The van der Waals surface area contributed by atoms with Crippen molar-refractivity contribution in [3.63, 3.8) is 0 Å². The van der Waals surface area contributed by atoms with Crippen LogP contribution in [0.25, 0.3) is 6.08 Å². The maximum Gasteiger partial charge on any atom is 0.151 e. The Morgan fingerprint density at radius 3 is 2.31 bits per heavy atom. The second-order valence-corrected chi connectivity index (χ2v) is 6.09. The van der Waals surface area contributed by atoms with E-state index in [1.165, 1.54) is 6.08 Å². The molecule has 0 saturated carbocycles. The average molecular weight is 396 g/mol. The van der Waals surface area contributed by atoms with E-state index in [0.29, 0.717) is 11.5 Å². The van der Waals surface area contributed by atoms with Crippen molar-refractivity contribution in [2.45, 2.75) is 34.1 Å². The molecule has 29 heavy (non-hydrogen) atoms. The van der Waals surface area contributed by atoms with Crippen LogP contribution in [0.3, 0.4) is 0 Å². The van der Waals surface area contributed by atoms with E-state index < -0.39 is 0 Å². The predicted octanol–water partition coefficient (Wildman–Crippen LogP) is 5.05. The van der Waals surface area contributed by atoms with Gasteiger partial charge in [-0.25, -0.2) is 0 Å². The third-order valence-corrected chi connectivity index (χ3v) is 3.39. The number of carbonyl (C=O) groups excluding carboxylic acids is 1. The van der Waals surface area contributed by atoms with Gasteiger partial charge in [-0.15, -0.1) is 0 Å². The van der Waals surface area contributed by atoms with E-state index in [4.69, 9.17) is 10.4 Å². The summed E-state index contributed by atoms with van der Waals surface area (Å²) in [6.07, 6.45) is 10.3. The number of aliphatic hydroxyl groups is 1. The molecule has 0 aliphatic heterocycles. The van der Waals surface area contributed by atoms with E-state index in [1.54, 1.807) is 25.4 Å². The largest absolute Gasteiger partial charge is 0.400 e. The van der Waals surface area contributed by atoms with E-state index in [-0.39, 0.29) is 0 Å². The third-order valence-electron chi connectivity index (χ3n) is 3.39. The van der Waals surface area contributed by atoms with Crippen LogP contribution >= 0.6 is 0 Å². The van der Waals surface area contributed by atoms with Crippen LogP contribution < -0.4 is 0 Å². The fourth-order valence-corrected chi connectivity index (χ4v) is 2.03. The molecule has 0 aromatic heterocycles. The predicted molar refractivity (Wildman–Crippen MR) is 124 cm³/mol. The highest BCUT2D eigenvalue weighted by Gasteiger charge is 2.06. The molecule has 1 aromatic carbocycles. The number of carbonyl (C=O) groups is 1. The van der Waals surface area contributed by atoms with Crippen LogP contribution in [0.2, 0.25) is 0 Å². The van der Waals surface area contributed by atoms with Crippen LogP contribution in [-0.2, 0) is 4.79 Å². The quantitative estimate of drug-likeness (QED) is 0.303. The van der Waals surface area contributed by atoms with Crippen molar-refractivity contribution in [3.8, 4) is 6.07 Å². The monoisotopic (exact) mass is 395 g/mol. The molecule has 0 atom stereocenters. The second kappa shape index (κ2) is 19.7. The van der Waals surface area contributed by atoms with E-state index in [0.717, 1.165) is 36.8 Å². The van der Waals surface area contributed by atoms with Crippen molar-refractivity contribution < 1.29 is 9.90 Å². The fourth-order valence-electron chi connectivity index (χ4n) is 2.03. The summed E-state index contributed by atoms with van der Waals surface area (Å²) >= 11 is 0. The number of hydrogen-bond donors (Lipinski definition) is 1. The zero-order valence-corrected chi connectivity index (χ0v) is 18.3. The Bertz CT molecular complexity index is 750. The molecule has 5 nitrogen and oxygen atoms in total. The van der Waals surface area contributed by atoms with Crippen LogP contribution in [0, 0.1) is 17.2 Å². The van der Waals surface area contributed by atoms with Crippen molar-refractivity contribution in [1.29, 1.82) is 5.26 Å². The second-order valence-electron chi connectivity index (χ2n) is 6.09. The van der Waals surface area contributed by atoms with Gasteiger partial charge in [-0.05, 0) is 43.9 Å². The zero-order chi connectivity index (χ0) is 22.5. The number of benzene rings is 1. The zero-order valence-electron chi connectivity index (χ0n) is 18.3. The number of rotatable bonds is 7. The summed E-state index contributed by atoms with van der Waals surface area (Å²) in [6.45, 7) is 7.94. The van der Waals surface area contributed by atoms with Crippen molar-refractivity contribution in [3.05, 3.63) is 65.9 Å². The molecule has 0 fully saturated rings. The van der Waals surface area contributed by atoms with Crippen molar-refractivity contribution >= 4 is 23.8 Å². The molecule has 0 heterocycles. The molecule has 1 N–H and O–H groups in total. The Morgan fingerprint density at radius 2 is 1.86 bits per heavy atom. The molecule has 0 saturated heterocycles. The number of nitrogens with zero attached hydrogens (tertiary/aromatic N) is 3. The maximum absolute atomic E-state index is 10.6. The van der Waals surface area contributed by atoms with Gasteiger partial charge in [0.25, 0.3) is 0 Å². The number of hydrogen-bond acceptors (Lipinski definition) is 5. The van der Waals surface area contributed by atoms with E-state index in [2.05, 4.69) is 23.8 Å². The highest BCUT2D eigenvalue weighted by Crippen LogP contribution is 2.07. The van der Waals surface area contributed by atoms with Gasteiger partial charge in [0.05, 0.1) is 6.07 Å². The summed E-state index contributed by atoms with van der Waals surface area (Å²) in [6, 6.07) is 11.9. The minimum atomic E-state index is 0.540.